The minimum absolute atomic E-state index is 0.0306. The molecule has 2 amide bonds. The van der Waals surface area contributed by atoms with Crippen molar-refractivity contribution in [2.45, 2.75) is 57.5 Å². The first kappa shape index (κ1) is 13.4. The average molecular weight is 276 g/mol. The SMILES string of the molecule is C[C@H]1CCc2cc(F)ccc2N1C(=O)NC1CCCC1. The van der Waals surface area contributed by atoms with Crippen molar-refractivity contribution in [2.75, 3.05) is 4.90 Å². The van der Waals surface area contributed by atoms with Crippen LogP contribution in [0.4, 0.5) is 14.9 Å². The number of benzene rings is 1. The lowest BCUT2D eigenvalue weighted by atomic mass is 9.97. The van der Waals surface area contributed by atoms with Gasteiger partial charge >= 0.3 is 6.03 Å². The molecule has 3 rings (SSSR count). The standard InChI is InChI=1S/C16H21FN2O/c1-11-6-7-12-10-13(17)8-9-15(12)19(11)16(20)18-14-4-2-3-5-14/h8-11,14H,2-7H2,1H3,(H,18,20)/t11-/m0/s1. The number of halogens is 1. The van der Waals surface area contributed by atoms with Gasteiger partial charge in [-0.3, -0.25) is 4.90 Å². The molecule has 1 N–H and O–H groups in total. The molecule has 1 aliphatic heterocycles. The monoisotopic (exact) mass is 276 g/mol. The summed E-state index contributed by atoms with van der Waals surface area (Å²) in [6.07, 6.45) is 6.26. The summed E-state index contributed by atoms with van der Waals surface area (Å²) in [5, 5.41) is 3.13. The number of carbonyl (C=O) groups excluding carboxylic acids is 1. The predicted molar refractivity (Wildman–Crippen MR) is 77.4 cm³/mol. The van der Waals surface area contributed by atoms with Crippen molar-refractivity contribution in [3.63, 3.8) is 0 Å². The fraction of sp³-hybridized carbons (Fsp3) is 0.562. The number of rotatable bonds is 1. The quantitative estimate of drug-likeness (QED) is 0.834. The van der Waals surface area contributed by atoms with Gasteiger partial charge in [0.2, 0.25) is 0 Å². The molecule has 108 valence electrons. The lowest BCUT2D eigenvalue weighted by molar-refractivity contribution is 0.239. The molecule has 0 radical (unpaired) electrons. The second kappa shape index (κ2) is 5.43. The third-order valence-electron chi connectivity index (χ3n) is 4.47. The first-order valence-corrected chi connectivity index (χ1v) is 7.53. The van der Waals surface area contributed by atoms with Crippen LogP contribution in [0.1, 0.15) is 44.6 Å². The van der Waals surface area contributed by atoms with E-state index in [4.69, 9.17) is 0 Å². The Hall–Kier alpha value is -1.58. The first-order valence-electron chi connectivity index (χ1n) is 7.53. The molecule has 1 aliphatic carbocycles. The van der Waals surface area contributed by atoms with Gasteiger partial charge in [0, 0.05) is 17.8 Å². The van der Waals surface area contributed by atoms with Crippen LogP contribution in [0.3, 0.4) is 0 Å². The number of hydrogen-bond acceptors (Lipinski definition) is 1. The lowest BCUT2D eigenvalue weighted by Gasteiger charge is -2.36. The third-order valence-corrected chi connectivity index (χ3v) is 4.47. The summed E-state index contributed by atoms with van der Waals surface area (Å²) in [5.41, 5.74) is 1.80. The number of nitrogens with zero attached hydrogens (tertiary/aromatic N) is 1. The number of nitrogens with one attached hydrogen (secondary N) is 1. The fourth-order valence-electron chi connectivity index (χ4n) is 3.34. The molecule has 1 heterocycles. The van der Waals surface area contributed by atoms with Gasteiger partial charge in [0.1, 0.15) is 5.82 Å². The number of carbonyl (C=O) groups is 1. The molecule has 0 unspecified atom stereocenters. The van der Waals surface area contributed by atoms with Crippen molar-refractivity contribution < 1.29 is 9.18 Å². The number of urea groups is 1. The molecule has 20 heavy (non-hydrogen) atoms. The number of aryl methyl sites for hydroxylation is 1. The van der Waals surface area contributed by atoms with Crippen LogP contribution in [0, 0.1) is 5.82 Å². The molecule has 1 aromatic rings. The topological polar surface area (TPSA) is 32.3 Å². The molecular weight excluding hydrogens is 255 g/mol. The van der Waals surface area contributed by atoms with Crippen molar-refractivity contribution in [3.8, 4) is 0 Å². The van der Waals surface area contributed by atoms with Crippen LogP contribution in [0.25, 0.3) is 0 Å². The van der Waals surface area contributed by atoms with Crippen molar-refractivity contribution in [2.24, 2.45) is 0 Å². The van der Waals surface area contributed by atoms with Crippen molar-refractivity contribution in [3.05, 3.63) is 29.6 Å². The van der Waals surface area contributed by atoms with Gasteiger partial charge in [0.15, 0.2) is 0 Å². The maximum atomic E-state index is 13.3. The van der Waals surface area contributed by atoms with Gasteiger partial charge in [-0.25, -0.2) is 9.18 Å². The molecule has 0 saturated heterocycles. The van der Waals surface area contributed by atoms with E-state index in [2.05, 4.69) is 12.2 Å². The Balaban J connectivity index is 1.82. The highest BCUT2D eigenvalue weighted by Gasteiger charge is 2.30. The van der Waals surface area contributed by atoms with E-state index in [1.165, 1.54) is 18.9 Å². The summed E-state index contributed by atoms with van der Waals surface area (Å²) < 4.78 is 13.3. The minimum Gasteiger partial charge on any atom is -0.335 e. The number of amides is 2. The molecule has 1 saturated carbocycles. The van der Waals surface area contributed by atoms with Crippen molar-refractivity contribution >= 4 is 11.7 Å². The Morgan fingerprint density at radius 1 is 1.30 bits per heavy atom. The van der Waals surface area contributed by atoms with E-state index >= 15 is 0 Å². The van der Waals surface area contributed by atoms with Gasteiger partial charge in [-0.05, 0) is 56.4 Å². The van der Waals surface area contributed by atoms with E-state index in [1.807, 2.05) is 0 Å². The van der Waals surface area contributed by atoms with Gasteiger partial charge in [-0.15, -0.1) is 0 Å². The highest BCUT2D eigenvalue weighted by Crippen LogP contribution is 2.31. The second-order valence-electron chi connectivity index (χ2n) is 5.96. The molecule has 0 spiro atoms. The second-order valence-corrected chi connectivity index (χ2v) is 5.96. The molecule has 1 aromatic carbocycles. The van der Waals surface area contributed by atoms with E-state index in [1.54, 1.807) is 17.0 Å². The van der Waals surface area contributed by atoms with Crippen molar-refractivity contribution in [1.29, 1.82) is 0 Å². The number of anilines is 1. The third kappa shape index (κ3) is 2.51. The van der Waals surface area contributed by atoms with E-state index in [9.17, 15) is 9.18 Å². The van der Waals surface area contributed by atoms with E-state index < -0.39 is 0 Å². The normalized spacial score (nSPS) is 22.7. The lowest BCUT2D eigenvalue weighted by Crippen LogP contribution is -2.50. The molecule has 2 aliphatic rings. The highest BCUT2D eigenvalue weighted by atomic mass is 19.1. The Morgan fingerprint density at radius 3 is 2.80 bits per heavy atom. The zero-order chi connectivity index (χ0) is 14.1. The van der Waals surface area contributed by atoms with Gasteiger partial charge < -0.3 is 5.32 Å². The predicted octanol–water partition coefficient (Wildman–Crippen LogP) is 3.62. The van der Waals surface area contributed by atoms with Crippen LogP contribution in [-0.2, 0) is 6.42 Å². The van der Waals surface area contributed by atoms with Crippen LogP contribution in [0.15, 0.2) is 18.2 Å². The van der Waals surface area contributed by atoms with E-state index in [-0.39, 0.29) is 17.9 Å². The maximum absolute atomic E-state index is 13.3. The summed E-state index contributed by atoms with van der Waals surface area (Å²) in [6.45, 7) is 2.06. The molecule has 0 aromatic heterocycles. The number of hydrogen-bond donors (Lipinski definition) is 1. The summed E-state index contributed by atoms with van der Waals surface area (Å²) in [4.78, 5) is 14.3. The smallest absolute Gasteiger partial charge is 0.322 e. The minimum atomic E-state index is -0.227. The van der Waals surface area contributed by atoms with Crippen LogP contribution in [0.5, 0.6) is 0 Å². The van der Waals surface area contributed by atoms with Gasteiger partial charge in [-0.2, -0.15) is 0 Å². The van der Waals surface area contributed by atoms with E-state index in [0.29, 0.717) is 6.04 Å². The van der Waals surface area contributed by atoms with Crippen LogP contribution in [-0.4, -0.2) is 18.1 Å². The van der Waals surface area contributed by atoms with Crippen LogP contribution in [0.2, 0.25) is 0 Å². The Bertz CT molecular complexity index is 511. The van der Waals surface area contributed by atoms with Gasteiger partial charge in [0.25, 0.3) is 0 Å². The molecule has 0 bridgehead atoms. The zero-order valence-electron chi connectivity index (χ0n) is 11.9. The fourth-order valence-corrected chi connectivity index (χ4v) is 3.34. The van der Waals surface area contributed by atoms with Crippen LogP contribution >= 0.6 is 0 Å². The Morgan fingerprint density at radius 2 is 2.05 bits per heavy atom. The maximum Gasteiger partial charge on any atom is 0.322 e. The number of fused-ring (bicyclic) bond motifs is 1. The zero-order valence-corrected chi connectivity index (χ0v) is 11.9. The summed E-state index contributed by atoms with van der Waals surface area (Å²) >= 11 is 0. The molecule has 4 heteroatoms. The summed E-state index contributed by atoms with van der Waals surface area (Å²) in [6, 6.07) is 5.16. The molecule has 3 nitrogen and oxygen atoms in total. The van der Waals surface area contributed by atoms with Gasteiger partial charge in [0.05, 0.1) is 0 Å². The van der Waals surface area contributed by atoms with Crippen molar-refractivity contribution in [1.82, 2.24) is 5.32 Å². The molecular formula is C16H21FN2O. The largest absolute Gasteiger partial charge is 0.335 e. The van der Waals surface area contributed by atoms with E-state index in [0.717, 1.165) is 36.9 Å². The highest BCUT2D eigenvalue weighted by molar-refractivity contribution is 5.94. The average Bonchev–Trinajstić information content (AvgIpc) is 2.91. The molecule has 1 atom stereocenters. The Labute approximate surface area is 119 Å². The molecule has 1 fully saturated rings. The first-order chi connectivity index (χ1) is 9.65. The Kier molecular flexibility index (Phi) is 3.64. The van der Waals surface area contributed by atoms with Gasteiger partial charge in [-0.1, -0.05) is 12.8 Å². The summed E-state index contributed by atoms with van der Waals surface area (Å²) in [7, 11) is 0. The van der Waals surface area contributed by atoms with Crippen LogP contribution < -0.4 is 10.2 Å². The summed E-state index contributed by atoms with van der Waals surface area (Å²) in [5.74, 6) is -0.227.